The maximum absolute atomic E-state index is 3.83. The first-order valence-corrected chi connectivity index (χ1v) is 7.94. The standard InChI is InChI=1S/C18H29N/c1-5-16-7-6-8-17(10-9-16)19-18-14(3)11-13(2)12-15(18)4/h11-12,16-17,19H,5-10H2,1-4H3. The van der Waals surface area contributed by atoms with Gasteiger partial charge in [-0.15, -0.1) is 0 Å². The minimum absolute atomic E-state index is 0.677. The fourth-order valence-corrected chi connectivity index (χ4v) is 3.54. The third-order valence-electron chi connectivity index (χ3n) is 4.69. The SMILES string of the molecule is CCC1CCCC(Nc2c(C)cc(C)cc2C)CC1. The molecule has 1 saturated carbocycles. The molecule has 0 bridgehead atoms. The molecule has 1 heteroatoms. The molecular formula is C18H29N. The molecule has 0 radical (unpaired) electrons. The van der Waals surface area contributed by atoms with Crippen LogP contribution in [0.5, 0.6) is 0 Å². The Morgan fingerprint density at radius 1 is 1.00 bits per heavy atom. The topological polar surface area (TPSA) is 12.0 Å². The summed E-state index contributed by atoms with van der Waals surface area (Å²) in [4.78, 5) is 0. The zero-order valence-corrected chi connectivity index (χ0v) is 13.1. The summed E-state index contributed by atoms with van der Waals surface area (Å²) < 4.78 is 0. The molecule has 0 amide bonds. The van der Waals surface area contributed by atoms with E-state index in [0.29, 0.717) is 6.04 Å². The summed E-state index contributed by atoms with van der Waals surface area (Å²) in [6.07, 6.45) is 8.25. The van der Waals surface area contributed by atoms with E-state index in [-0.39, 0.29) is 0 Å². The zero-order valence-electron chi connectivity index (χ0n) is 13.1. The van der Waals surface area contributed by atoms with Gasteiger partial charge >= 0.3 is 0 Å². The first kappa shape index (κ1) is 14.4. The van der Waals surface area contributed by atoms with Gasteiger partial charge in [-0.25, -0.2) is 0 Å². The molecule has 2 unspecified atom stereocenters. The summed E-state index contributed by atoms with van der Waals surface area (Å²) >= 11 is 0. The molecule has 1 nitrogen and oxygen atoms in total. The highest BCUT2D eigenvalue weighted by atomic mass is 14.9. The summed E-state index contributed by atoms with van der Waals surface area (Å²) in [5.41, 5.74) is 5.54. The molecule has 2 rings (SSSR count). The maximum Gasteiger partial charge on any atom is 0.0401 e. The van der Waals surface area contributed by atoms with Gasteiger partial charge in [-0.2, -0.15) is 0 Å². The molecule has 106 valence electrons. The minimum atomic E-state index is 0.677. The lowest BCUT2D eigenvalue weighted by Crippen LogP contribution is -2.19. The second-order valence-electron chi connectivity index (χ2n) is 6.40. The predicted octanol–water partition coefficient (Wildman–Crippen LogP) is 5.38. The van der Waals surface area contributed by atoms with Crippen LogP contribution in [0.1, 0.15) is 62.1 Å². The van der Waals surface area contributed by atoms with Gasteiger partial charge in [-0.1, -0.05) is 43.9 Å². The van der Waals surface area contributed by atoms with Gasteiger partial charge in [-0.05, 0) is 57.1 Å². The summed E-state index contributed by atoms with van der Waals surface area (Å²) in [5, 5.41) is 3.83. The highest BCUT2D eigenvalue weighted by molar-refractivity contribution is 5.58. The fraction of sp³-hybridized carbons (Fsp3) is 0.667. The third-order valence-corrected chi connectivity index (χ3v) is 4.69. The van der Waals surface area contributed by atoms with Crippen LogP contribution in [0, 0.1) is 26.7 Å². The Kier molecular flexibility index (Phi) is 4.90. The Hall–Kier alpha value is -0.980. The van der Waals surface area contributed by atoms with E-state index in [4.69, 9.17) is 0 Å². The summed E-state index contributed by atoms with van der Waals surface area (Å²) in [7, 11) is 0. The number of aryl methyl sites for hydroxylation is 3. The van der Waals surface area contributed by atoms with Gasteiger partial charge in [0.05, 0.1) is 0 Å². The second kappa shape index (κ2) is 6.45. The first-order valence-electron chi connectivity index (χ1n) is 7.94. The molecule has 1 aromatic rings. The van der Waals surface area contributed by atoms with Crippen molar-refractivity contribution in [3.8, 4) is 0 Å². The molecule has 1 aromatic carbocycles. The maximum atomic E-state index is 3.83. The summed E-state index contributed by atoms with van der Waals surface area (Å²) in [5.74, 6) is 0.965. The second-order valence-corrected chi connectivity index (χ2v) is 6.40. The third kappa shape index (κ3) is 3.75. The van der Waals surface area contributed by atoms with Crippen LogP contribution < -0.4 is 5.32 Å². The molecule has 1 N–H and O–H groups in total. The number of hydrogen-bond acceptors (Lipinski definition) is 1. The number of rotatable bonds is 3. The summed E-state index contributed by atoms with van der Waals surface area (Å²) in [6, 6.07) is 5.26. The zero-order chi connectivity index (χ0) is 13.8. The number of nitrogens with one attached hydrogen (secondary N) is 1. The van der Waals surface area contributed by atoms with Crippen LogP contribution in [0.3, 0.4) is 0 Å². The molecule has 0 saturated heterocycles. The molecule has 1 fully saturated rings. The van der Waals surface area contributed by atoms with Crippen LogP contribution in [-0.4, -0.2) is 6.04 Å². The van der Waals surface area contributed by atoms with Crippen molar-refractivity contribution in [3.63, 3.8) is 0 Å². The Labute approximate surface area is 118 Å². The van der Waals surface area contributed by atoms with Crippen molar-refractivity contribution in [1.29, 1.82) is 0 Å². The number of anilines is 1. The van der Waals surface area contributed by atoms with Gasteiger partial charge in [0.1, 0.15) is 0 Å². The lowest BCUT2D eigenvalue weighted by atomic mass is 9.97. The average molecular weight is 259 g/mol. The van der Waals surface area contributed by atoms with Crippen LogP contribution in [0.25, 0.3) is 0 Å². The highest BCUT2D eigenvalue weighted by Crippen LogP contribution is 2.29. The van der Waals surface area contributed by atoms with E-state index >= 15 is 0 Å². The van der Waals surface area contributed by atoms with Gasteiger partial charge in [0.2, 0.25) is 0 Å². The van der Waals surface area contributed by atoms with Gasteiger partial charge < -0.3 is 5.32 Å². The molecule has 0 spiro atoms. The monoisotopic (exact) mass is 259 g/mol. The Balaban J connectivity index is 2.05. The Morgan fingerprint density at radius 3 is 2.32 bits per heavy atom. The van der Waals surface area contributed by atoms with E-state index < -0.39 is 0 Å². The van der Waals surface area contributed by atoms with E-state index in [2.05, 4.69) is 45.1 Å². The van der Waals surface area contributed by atoms with Gasteiger partial charge in [-0.3, -0.25) is 0 Å². The largest absolute Gasteiger partial charge is 0.382 e. The van der Waals surface area contributed by atoms with Gasteiger partial charge in [0.15, 0.2) is 0 Å². The molecule has 1 aliphatic rings. The lowest BCUT2D eigenvalue weighted by molar-refractivity contribution is 0.444. The lowest BCUT2D eigenvalue weighted by Gasteiger charge is -2.21. The Bertz CT molecular complexity index is 399. The molecule has 1 aliphatic carbocycles. The molecule has 19 heavy (non-hydrogen) atoms. The van der Waals surface area contributed by atoms with E-state index in [0.717, 1.165) is 5.92 Å². The number of benzene rings is 1. The molecule has 0 heterocycles. The van der Waals surface area contributed by atoms with Crippen LogP contribution in [0.2, 0.25) is 0 Å². The molecule has 2 atom stereocenters. The van der Waals surface area contributed by atoms with E-state index in [9.17, 15) is 0 Å². The van der Waals surface area contributed by atoms with Crippen LogP contribution in [0.15, 0.2) is 12.1 Å². The van der Waals surface area contributed by atoms with Crippen molar-refractivity contribution in [2.75, 3.05) is 5.32 Å². The fourth-order valence-electron chi connectivity index (χ4n) is 3.54. The van der Waals surface area contributed by atoms with E-state index in [1.54, 1.807) is 0 Å². The van der Waals surface area contributed by atoms with Crippen molar-refractivity contribution >= 4 is 5.69 Å². The van der Waals surface area contributed by atoms with Crippen molar-refractivity contribution in [2.45, 2.75) is 72.3 Å². The predicted molar refractivity (Wildman–Crippen MR) is 84.9 cm³/mol. The van der Waals surface area contributed by atoms with Crippen molar-refractivity contribution in [1.82, 2.24) is 0 Å². The van der Waals surface area contributed by atoms with E-state index in [1.165, 1.54) is 60.9 Å². The average Bonchev–Trinajstić information content (AvgIpc) is 2.58. The van der Waals surface area contributed by atoms with Gasteiger partial charge in [0.25, 0.3) is 0 Å². The quantitative estimate of drug-likeness (QED) is 0.718. The van der Waals surface area contributed by atoms with Crippen molar-refractivity contribution in [3.05, 3.63) is 28.8 Å². The molecular weight excluding hydrogens is 230 g/mol. The highest BCUT2D eigenvalue weighted by Gasteiger charge is 2.18. The van der Waals surface area contributed by atoms with Crippen molar-refractivity contribution in [2.24, 2.45) is 5.92 Å². The smallest absolute Gasteiger partial charge is 0.0401 e. The van der Waals surface area contributed by atoms with E-state index in [1.807, 2.05) is 0 Å². The van der Waals surface area contributed by atoms with Crippen LogP contribution in [-0.2, 0) is 0 Å². The Morgan fingerprint density at radius 2 is 1.68 bits per heavy atom. The minimum Gasteiger partial charge on any atom is -0.382 e. The number of hydrogen-bond donors (Lipinski definition) is 1. The van der Waals surface area contributed by atoms with Gasteiger partial charge in [0, 0.05) is 11.7 Å². The molecule has 0 aromatic heterocycles. The van der Waals surface area contributed by atoms with Crippen molar-refractivity contribution < 1.29 is 0 Å². The first-order chi connectivity index (χ1) is 9.10. The normalized spacial score (nSPS) is 24.0. The summed E-state index contributed by atoms with van der Waals surface area (Å²) in [6.45, 7) is 8.98. The van der Waals surface area contributed by atoms with Crippen LogP contribution in [0.4, 0.5) is 5.69 Å². The molecule has 0 aliphatic heterocycles. The van der Waals surface area contributed by atoms with Crippen LogP contribution >= 0.6 is 0 Å².